The zero-order valence-corrected chi connectivity index (χ0v) is 21.6. The van der Waals surface area contributed by atoms with E-state index >= 15 is 0 Å². The van der Waals surface area contributed by atoms with E-state index in [2.05, 4.69) is 39.9 Å². The van der Waals surface area contributed by atoms with Gasteiger partial charge in [-0.2, -0.15) is 19.9 Å². The lowest BCUT2D eigenvalue weighted by Crippen LogP contribution is -2.41. The monoisotopic (exact) mass is 537 g/mol. The van der Waals surface area contributed by atoms with Crippen molar-refractivity contribution in [3.8, 4) is 11.7 Å². The van der Waals surface area contributed by atoms with Gasteiger partial charge in [0.1, 0.15) is 6.33 Å². The molecule has 0 spiro atoms. The number of benzene rings is 1. The number of sulfonamides is 1. The van der Waals surface area contributed by atoms with E-state index in [-0.39, 0.29) is 11.4 Å². The lowest BCUT2D eigenvalue weighted by molar-refractivity contribution is 0.0390. The highest BCUT2D eigenvalue weighted by Crippen LogP contribution is 2.24. The van der Waals surface area contributed by atoms with Crippen LogP contribution in [-0.2, 0) is 21.3 Å². The van der Waals surface area contributed by atoms with Crippen LogP contribution in [0.15, 0.2) is 70.1 Å². The quantitative estimate of drug-likeness (QED) is 0.300. The SMILES string of the molecule is COc1cccc(-n2ncc3c(N=NCc4ccc(S(=O)(=O)NCCN5CCOCC5)cc4)ncnc32)n1. The predicted molar refractivity (Wildman–Crippen MR) is 138 cm³/mol. The molecule has 0 bridgehead atoms. The molecule has 1 aromatic carbocycles. The van der Waals surface area contributed by atoms with E-state index in [0.717, 1.165) is 18.7 Å². The topological polar surface area (TPSA) is 149 Å². The van der Waals surface area contributed by atoms with Gasteiger partial charge in [-0.25, -0.2) is 23.1 Å². The second-order valence-corrected chi connectivity index (χ2v) is 10.2. The fourth-order valence-corrected chi connectivity index (χ4v) is 4.94. The van der Waals surface area contributed by atoms with Crippen LogP contribution in [0.2, 0.25) is 0 Å². The van der Waals surface area contributed by atoms with Crippen LogP contribution in [0, 0.1) is 0 Å². The lowest BCUT2D eigenvalue weighted by Gasteiger charge is -2.26. The van der Waals surface area contributed by atoms with Gasteiger partial charge in [-0.15, -0.1) is 5.11 Å². The first-order chi connectivity index (χ1) is 18.5. The fourth-order valence-electron chi connectivity index (χ4n) is 3.92. The van der Waals surface area contributed by atoms with Crippen molar-refractivity contribution in [2.24, 2.45) is 10.2 Å². The lowest BCUT2D eigenvalue weighted by atomic mass is 10.2. The number of fused-ring (bicyclic) bond motifs is 1. The van der Waals surface area contributed by atoms with Gasteiger partial charge in [-0.3, -0.25) is 4.90 Å². The van der Waals surface area contributed by atoms with Crippen molar-refractivity contribution in [2.75, 3.05) is 46.5 Å². The van der Waals surface area contributed by atoms with Crippen LogP contribution >= 0.6 is 0 Å². The van der Waals surface area contributed by atoms with Gasteiger partial charge in [0.15, 0.2) is 17.3 Å². The number of hydrogen-bond acceptors (Lipinski definition) is 11. The minimum absolute atomic E-state index is 0.205. The average molecular weight is 538 g/mol. The van der Waals surface area contributed by atoms with Gasteiger partial charge in [0.05, 0.1) is 43.3 Å². The van der Waals surface area contributed by atoms with E-state index < -0.39 is 10.0 Å². The molecule has 4 aromatic rings. The molecule has 0 unspecified atom stereocenters. The van der Waals surface area contributed by atoms with Crippen LogP contribution in [-0.4, -0.2) is 84.6 Å². The molecule has 1 saturated heterocycles. The van der Waals surface area contributed by atoms with Crippen molar-refractivity contribution < 1.29 is 17.9 Å². The Morgan fingerprint density at radius 2 is 1.92 bits per heavy atom. The highest BCUT2D eigenvalue weighted by atomic mass is 32.2. The smallest absolute Gasteiger partial charge is 0.240 e. The Kier molecular flexibility index (Phi) is 7.93. The van der Waals surface area contributed by atoms with Crippen molar-refractivity contribution in [3.63, 3.8) is 0 Å². The first-order valence-corrected chi connectivity index (χ1v) is 13.5. The molecule has 0 aliphatic carbocycles. The van der Waals surface area contributed by atoms with Crippen molar-refractivity contribution >= 4 is 26.9 Å². The number of azo groups is 1. The summed E-state index contributed by atoms with van der Waals surface area (Å²) in [6.07, 6.45) is 3.00. The van der Waals surface area contributed by atoms with Gasteiger partial charge >= 0.3 is 0 Å². The molecule has 198 valence electrons. The summed E-state index contributed by atoms with van der Waals surface area (Å²) in [7, 11) is -2.05. The minimum Gasteiger partial charge on any atom is -0.481 e. The molecule has 4 heterocycles. The molecule has 1 N–H and O–H groups in total. The normalized spacial score (nSPS) is 14.9. The van der Waals surface area contributed by atoms with Gasteiger partial charge in [0, 0.05) is 32.2 Å². The number of hydrogen-bond donors (Lipinski definition) is 1. The Morgan fingerprint density at radius 3 is 2.71 bits per heavy atom. The zero-order valence-electron chi connectivity index (χ0n) is 20.8. The van der Waals surface area contributed by atoms with Gasteiger partial charge in [0.2, 0.25) is 15.9 Å². The molecular weight excluding hydrogens is 510 g/mol. The van der Waals surface area contributed by atoms with Gasteiger partial charge < -0.3 is 9.47 Å². The number of nitrogens with one attached hydrogen (secondary N) is 1. The molecule has 0 radical (unpaired) electrons. The largest absolute Gasteiger partial charge is 0.481 e. The third-order valence-electron chi connectivity index (χ3n) is 5.96. The second-order valence-electron chi connectivity index (χ2n) is 8.42. The van der Waals surface area contributed by atoms with E-state index in [0.29, 0.717) is 54.9 Å². The van der Waals surface area contributed by atoms with Gasteiger partial charge in [-0.1, -0.05) is 18.2 Å². The molecule has 3 aromatic heterocycles. The number of ether oxygens (including phenoxy) is 2. The maximum absolute atomic E-state index is 12.6. The molecule has 13 nitrogen and oxygen atoms in total. The highest BCUT2D eigenvalue weighted by Gasteiger charge is 2.16. The molecule has 1 aliphatic heterocycles. The van der Waals surface area contributed by atoms with Crippen molar-refractivity contribution in [1.82, 2.24) is 34.4 Å². The molecule has 5 rings (SSSR count). The summed E-state index contributed by atoms with van der Waals surface area (Å²) in [6.45, 7) is 4.22. The number of aromatic nitrogens is 5. The molecule has 14 heteroatoms. The molecule has 0 amide bonds. The summed E-state index contributed by atoms with van der Waals surface area (Å²) in [5.74, 6) is 1.38. The minimum atomic E-state index is -3.59. The van der Waals surface area contributed by atoms with E-state index in [9.17, 15) is 8.42 Å². The average Bonchev–Trinajstić information content (AvgIpc) is 3.39. The number of nitrogens with zero attached hydrogens (tertiary/aromatic N) is 8. The second kappa shape index (κ2) is 11.7. The summed E-state index contributed by atoms with van der Waals surface area (Å²) < 4.78 is 40.0. The fraction of sp³-hybridized carbons (Fsp3) is 0.333. The van der Waals surface area contributed by atoms with Crippen molar-refractivity contribution in [2.45, 2.75) is 11.4 Å². The Balaban J connectivity index is 1.22. The maximum Gasteiger partial charge on any atom is 0.240 e. The zero-order chi connectivity index (χ0) is 26.4. The van der Waals surface area contributed by atoms with Gasteiger partial charge in [-0.05, 0) is 23.8 Å². The number of methoxy groups -OCH3 is 1. The van der Waals surface area contributed by atoms with Crippen LogP contribution in [0.25, 0.3) is 16.9 Å². The van der Waals surface area contributed by atoms with Crippen LogP contribution in [0.1, 0.15) is 5.56 Å². The van der Waals surface area contributed by atoms with E-state index in [1.165, 1.54) is 6.33 Å². The van der Waals surface area contributed by atoms with Crippen LogP contribution < -0.4 is 9.46 Å². The summed E-state index contributed by atoms with van der Waals surface area (Å²) in [5, 5.41) is 13.5. The Hall–Kier alpha value is -3.85. The van der Waals surface area contributed by atoms with Crippen molar-refractivity contribution in [1.29, 1.82) is 0 Å². The molecule has 1 fully saturated rings. The third kappa shape index (κ3) is 5.99. The van der Waals surface area contributed by atoms with Gasteiger partial charge in [0.25, 0.3) is 0 Å². The summed E-state index contributed by atoms with van der Waals surface area (Å²) in [5.41, 5.74) is 1.34. The summed E-state index contributed by atoms with van der Waals surface area (Å²) >= 11 is 0. The summed E-state index contributed by atoms with van der Waals surface area (Å²) in [4.78, 5) is 15.3. The standard InChI is InChI=1S/C24H27N9O4S/c1-36-22-4-2-3-21(30-22)33-24-20(16-28-33)23(25-17-26-24)31-27-15-18-5-7-19(8-6-18)38(34,35)29-9-10-32-11-13-37-14-12-32/h2-8,16-17,29H,9-15H2,1H3. The third-order valence-corrected chi connectivity index (χ3v) is 7.43. The predicted octanol–water partition coefficient (Wildman–Crippen LogP) is 2.11. The Labute approximate surface area is 219 Å². The van der Waals surface area contributed by atoms with E-state index in [1.807, 2.05) is 6.07 Å². The Morgan fingerprint density at radius 1 is 1.11 bits per heavy atom. The maximum atomic E-state index is 12.6. The first-order valence-electron chi connectivity index (χ1n) is 12.0. The first kappa shape index (κ1) is 25.8. The molecular formula is C24H27N9O4S. The van der Waals surface area contributed by atoms with Crippen LogP contribution in [0.3, 0.4) is 0 Å². The summed E-state index contributed by atoms with van der Waals surface area (Å²) in [6, 6.07) is 11.9. The van der Waals surface area contributed by atoms with Crippen LogP contribution in [0.5, 0.6) is 5.88 Å². The van der Waals surface area contributed by atoms with Crippen LogP contribution in [0.4, 0.5) is 5.82 Å². The molecule has 1 aliphatic rings. The number of pyridine rings is 1. The Bertz CT molecular complexity index is 1520. The molecule has 0 saturated carbocycles. The molecule has 38 heavy (non-hydrogen) atoms. The number of morpholine rings is 1. The van der Waals surface area contributed by atoms with E-state index in [4.69, 9.17) is 9.47 Å². The highest BCUT2D eigenvalue weighted by molar-refractivity contribution is 7.89. The van der Waals surface area contributed by atoms with E-state index in [1.54, 1.807) is 54.4 Å². The van der Waals surface area contributed by atoms with Crippen molar-refractivity contribution in [3.05, 3.63) is 60.6 Å². The molecule has 0 atom stereocenters. The number of rotatable bonds is 10.